The van der Waals surface area contributed by atoms with Crippen molar-refractivity contribution in [3.8, 4) is 0 Å². The second-order valence-corrected chi connectivity index (χ2v) is 5.43. The van der Waals surface area contributed by atoms with Crippen molar-refractivity contribution in [1.29, 1.82) is 0 Å². The summed E-state index contributed by atoms with van der Waals surface area (Å²) in [4.78, 5) is 4.31. The molecule has 0 aliphatic carbocycles. The SMILES string of the molecule is CCCNC(Cc1ncnn1C)c1ccc(Cl)c(C)c1. The summed E-state index contributed by atoms with van der Waals surface area (Å²) in [6.07, 6.45) is 3.51. The van der Waals surface area contributed by atoms with E-state index in [1.54, 1.807) is 6.33 Å². The highest BCUT2D eigenvalue weighted by Gasteiger charge is 2.15. The van der Waals surface area contributed by atoms with Gasteiger partial charge in [-0.2, -0.15) is 5.10 Å². The summed E-state index contributed by atoms with van der Waals surface area (Å²) in [6.45, 7) is 5.18. The highest BCUT2D eigenvalue weighted by molar-refractivity contribution is 6.31. The van der Waals surface area contributed by atoms with Crippen molar-refractivity contribution in [3.05, 3.63) is 46.5 Å². The largest absolute Gasteiger partial charge is 0.310 e. The van der Waals surface area contributed by atoms with Crippen molar-refractivity contribution in [2.75, 3.05) is 6.54 Å². The van der Waals surface area contributed by atoms with E-state index in [1.165, 1.54) is 5.56 Å². The zero-order chi connectivity index (χ0) is 14.5. The van der Waals surface area contributed by atoms with Crippen molar-refractivity contribution >= 4 is 11.6 Å². The molecule has 1 aromatic heterocycles. The number of aromatic nitrogens is 3. The minimum absolute atomic E-state index is 0.230. The molecule has 5 heteroatoms. The first-order valence-corrected chi connectivity index (χ1v) is 7.32. The number of hydrogen-bond acceptors (Lipinski definition) is 3. The zero-order valence-corrected chi connectivity index (χ0v) is 13.0. The Balaban J connectivity index is 2.22. The van der Waals surface area contributed by atoms with E-state index in [0.29, 0.717) is 0 Å². The maximum Gasteiger partial charge on any atom is 0.138 e. The number of halogens is 1. The van der Waals surface area contributed by atoms with Crippen molar-refractivity contribution in [3.63, 3.8) is 0 Å². The van der Waals surface area contributed by atoms with Crippen LogP contribution in [0, 0.1) is 6.92 Å². The average Bonchev–Trinajstić information content (AvgIpc) is 2.83. The van der Waals surface area contributed by atoms with E-state index in [-0.39, 0.29) is 6.04 Å². The molecule has 0 spiro atoms. The summed E-state index contributed by atoms with van der Waals surface area (Å²) in [6, 6.07) is 6.42. The lowest BCUT2D eigenvalue weighted by atomic mass is 10.0. The molecule has 20 heavy (non-hydrogen) atoms. The molecular weight excluding hydrogens is 272 g/mol. The molecule has 0 bridgehead atoms. The van der Waals surface area contributed by atoms with Gasteiger partial charge in [0.05, 0.1) is 0 Å². The van der Waals surface area contributed by atoms with Gasteiger partial charge in [0.2, 0.25) is 0 Å². The monoisotopic (exact) mass is 292 g/mol. The Morgan fingerprint density at radius 3 is 2.80 bits per heavy atom. The van der Waals surface area contributed by atoms with Crippen LogP contribution in [0.2, 0.25) is 5.02 Å². The van der Waals surface area contributed by atoms with Crippen LogP contribution in [0.25, 0.3) is 0 Å². The predicted octanol–water partition coefficient (Wildman–Crippen LogP) is 3.06. The van der Waals surface area contributed by atoms with Crippen LogP contribution < -0.4 is 5.32 Å². The molecule has 0 aliphatic rings. The molecule has 0 aliphatic heterocycles. The molecule has 0 saturated carbocycles. The molecule has 0 radical (unpaired) electrons. The molecule has 2 rings (SSSR count). The molecule has 0 amide bonds. The number of hydrogen-bond donors (Lipinski definition) is 1. The smallest absolute Gasteiger partial charge is 0.138 e. The number of rotatable bonds is 6. The van der Waals surface area contributed by atoms with Gasteiger partial charge in [-0.1, -0.05) is 30.7 Å². The predicted molar refractivity (Wildman–Crippen MR) is 81.9 cm³/mol. The van der Waals surface area contributed by atoms with Crippen LogP contribution >= 0.6 is 11.6 Å². The maximum absolute atomic E-state index is 6.11. The Morgan fingerprint density at radius 1 is 1.40 bits per heavy atom. The molecule has 1 aromatic carbocycles. The molecule has 1 heterocycles. The second-order valence-electron chi connectivity index (χ2n) is 5.02. The van der Waals surface area contributed by atoms with Gasteiger partial charge in [0, 0.05) is 24.5 Å². The number of nitrogens with one attached hydrogen (secondary N) is 1. The fraction of sp³-hybridized carbons (Fsp3) is 0.467. The lowest BCUT2D eigenvalue weighted by molar-refractivity contribution is 0.506. The van der Waals surface area contributed by atoms with Gasteiger partial charge in [0.25, 0.3) is 0 Å². The van der Waals surface area contributed by atoms with Gasteiger partial charge in [0.15, 0.2) is 0 Å². The molecule has 1 atom stereocenters. The quantitative estimate of drug-likeness (QED) is 0.890. The summed E-state index contributed by atoms with van der Waals surface area (Å²) >= 11 is 6.11. The highest BCUT2D eigenvalue weighted by atomic mass is 35.5. The molecule has 108 valence electrons. The van der Waals surface area contributed by atoms with Gasteiger partial charge in [-0.25, -0.2) is 4.98 Å². The summed E-state index contributed by atoms with van der Waals surface area (Å²) in [5.74, 6) is 0.978. The van der Waals surface area contributed by atoms with Crippen LogP contribution in [0.15, 0.2) is 24.5 Å². The fourth-order valence-electron chi connectivity index (χ4n) is 2.20. The first-order valence-electron chi connectivity index (χ1n) is 6.94. The van der Waals surface area contributed by atoms with E-state index in [9.17, 15) is 0 Å². The fourth-order valence-corrected chi connectivity index (χ4v) is 2.32. The Morgan fingerprint density at radius 2 is 2.20 bits per heavy atom. The van der Waals surface area contributed by atoms with Crippen LogP contribution in [0.3, 0.4) is 0 Å². The number of aryl methyl sites for hydroxylation is 2. The van der Waals surface area contributed by atoms with E-state index >= 15 is 0 Å². The minimum Gasteiger partial charge on any atom is -0.310 e. The molecule has 0 fully saturated rings. The van der Waals surface area contributed by atoms with Crippen molar-refractivity contribution in [2.24, 2.45) is 7.05 Å². The standard InChI is InChI=1S/C15H21ClN4/c1-4-7-17-14(9-15-18-10-19-20(15)3)12-5-6-13(16)11(2)8-12/h5-6,8,10,14,17H,4,7,9H2,1-3H3. The third kappa shape index (κ3) is 3.58. The van der Waals surface area contributed by atoms with Crippen LogP contribution in [-0.2, 0) is 13.5 Å². The molecule has 2 aromatic rings. The first-order chi connectivity index (χ1) is 9.61. The Labute approximate surface area is 125 Å². The number of nitrogens with zero attached hydrogens (tertiary/aromatic N) is 3. The third-order valence-electron chi connectivity index (χ3n) is 3.42. The Kier molecular flexibility index (Phi) is 5.15. The van der Waals surface area contributed by atoms with Crippen LogP contribution in [0.5, 0.6) is 0 Å². The first kappa shape index (κ1) is 15.0. The maximum atomic E-state index is 6.11. The summed E-state index contributed by atoms with van der Waals surface area (Å²) in [7, 11) is 1.92. The van der Waals surface area contributed by atoms with E-state index in [4.69, 9.17) is 11.6 Å². The highest BCUT2D eigenvalue weighted by Crippen LogP contribution is 2.23. The van der Waals surface area contributed by atoms with Crippen molar-refractivity contribution in [1.82, 2.24) is 20.1 Å². The summed E-state index contributed by atoms with van der Waals surface area (Å²) in [5, 5.41) is 8.51. The number of benzene rings is 1. The van der Waals surface area contributed by atoms with Gasteiger partial charge in [-0.3, -0.25) is 4.68 Å². The lowest BCUT2D eigenvalue weighted by Crippen LogP contribution is -2.25. The van der Waals surface area contributed by atoms with Gasteiger partial charge >= 0.3 is 0 Å². The van der Waals surface area contributed by atoms with E-state index < -0.39 is 0 Å². The van der Waals surface area contributed by atoms with Gasteiger partial charge in [0.1, 0.15) is 12.2 Å². The van der Waals surface area contributed by atoms with Crippen molar-refractivity contribution in [2.45, 2.75) is 32.7 Å². The van der Waals surface area contributed by atoms with Crippen LogP contribution in [-0.4, -0.2) is 21.3 Å². The summed E-state index contributed by atoms with van der Waals surface area (Å²) in [5.41, 5.74) is 2.34. The Hall–Kier alpha value is -1.39. The normalized spacial score (nSPS) is 12.6. The average molecular weight is 293 g/mol. The minimum atomic E-state index is 0.230. The molecule has 0 saturated heterocycles. The lowest BCUT2D eigenvalue weighted by Gasteiger charge is -2.19. The summed E-state index contributed by atoms with van der Waals surface area (Å²) < 4.78 is 1.82. The molecule has 1 N–H and O–H groups in total. The van der Waals surface area contributed by atoms with Gasteiger partial charge in [-0.15, -0.1) is 0 Å². The van der Waals surface area contributed by atoms with Gasteiger partial charge in [-0.05, 0) is 37.1 Å². The van der Waals surface area contributed by atoms with Crippen LogP contribution in [0.4, 0.5) is 0 Å². The second kappa shape index (κ2) is 6.86. The third-order valence-corrected chi connectivity index (χ3v) is 3.84. The molecular formula is C15H21ClN4. The van der Waals surface area contributed by atoms with E-state index in [1.807, 2.05) is 24.7 Å². The van der Waals surface area contributed by atoms with Crippen molar-refractivity contribution < 1.29 is 0 Å². The topological polar surface area (TPSA) is 42.7 Å². The van der Waals surface area contributed by atoms with Gasteiger partial charge < -0.3 is 5.32 Å². The Bertz CT molecular complexity index is 565. The molecule has 1 unspecified atom stereocenters. The van der Waals surface area contributed by atoms with E-state index in [0.717, 1.165) is 35.8 Å². The molecule has 4 nitrogen and oxygen atoms in total. The van der Waals surface area contributed by atoms with Crippen LogP contribution in [0.1, 0.15) is 36.3 Å². The zero-order valence-electron chi connectivity index (χ0n) is 12.2. The van der Waals surface area contributed by atoms with E-state index in [2.05, 4.69) is 34.5 Å².